The van der Waals surface area contributed by atoms with Crippen LogP contribution < -0.4 is 5.32 Å². The summed E-state index contributed by atoms with van der Waals surface area (Å²) in [5.41, 5.74) is 1.63. The number of nitrogens with zero attached hydrogens (tertiary/aromatic N) is 1. The molecule has 144 valence electrons. The van der Waals surface area contributed by atoms with Gasteiger partial charge in [-0.3, -0.25) is 4.79 Å². The molecule has 6 heteroatoms. The molecule has 3 rings (SSSR count). The Morgan fingerprint density at radius 3 is 2.44 bits per heavy atom. The molecular formula is C21H26N2O3S. The van der Waals surface area contributed by atoms with Crippen molar-refractivity contribution >= 4 is 15.9 Å². The maximum Gasteiger partial charge on any atom is 0.251 e. The second-order valence-corrected chi connectivity index (χ2v) is 8.87. The first-order valence-electron chi connectivity index (χ1n) is 9.42. The minimum Gasteiger partial charge on any atom is -0.352 e. The number of rotatable bonds is 6. The summed E-state index contributed by atoms with van der Waals surface area (Å²) in [6.45, 7) is 3.05. The second-order valence-electron chi connectivity index (χ2n) is 6.98. The molecule has 0 spiro atoms. The van der Waals surface area contributed by atoms with E-state index in [4.69, 9.17) is 0 Å². The molecule has 0 bridgehead atoms. The fraction of sp³-hybridized carbons (Fsp3) is 0.381. The molecule has 0 radical (unpaired) electrons. The van der Waals surface area contributed by atoms with Gasteiger partial charge < -0.3 is 5.32 Å². The maximum absolute atomic E-state index is 12.8. The molecule has 2 aromatic rings. The van der Waals surface area contributed by atoms with E-state index in [-0.39, 0.29) is 16.8 Å². The molecule has 1 amide bonds. The molecule has 1 N–H and O–H groups in total. The van der Waals surface area contributed by atoms with E-state index in [1.807, 2.05) is 37.3 Å². The Morgan fingerprint density at radius 1 is 1.07 bits per heavy atom. The highest BCUT2D eigenvalue weighted by Crippen LogP contribution is 2.25. The third-order valence-electron chi connectivity index (χ3n) is 5.01. The van der Waals surface area contributed by atoms with Gasteiger partial charge in [-0.05, 0) is 56.0 Å². The van der Waals surface area contributed by atoms with Gasteiger partial charge in [-0.25, -0.2) is 8.42 Å². The molecule has 0 aliphatic carbocycles. The molecule has 1 unspecified atom stereocenters. The van der Waals surface area contributed by atoms with Crippen LogP contribution in [-0.4, -0.2) is 37.8 Å². The van der Waals surface area contributed by atoms with Crippen molar-refractivity contribution in [2.45, 2.75) is 43.5 Å². The van der Waals surface area contributed by atoms with Crippen molar-refractivity contribution in [1.29, 1.82) is 0 Å². The van der Waals surface area contributed by atoms with Crippen LogP contribution in [0.4, 0.5) is 0 Å². The molecule has 1 fully saturated rings. The normalized spacial score (nSPS) is 18.2. The Morgan fingerprint density at radius 2 is 1.78 bits per heavy atom. The molecule has 1 aliphatic rings. The second kappa shape index (κ2) is 8.67. The van der Waals surface area contributed by atoms with Crippen molar-refractivity contribution < 1.29 is 13.2 Å². The van der Waals surface area contributed by atoms with E-state index in [0.29, 0.717) is 18.7 Å². The Balaban J connectivity index is 1.61. The summed E-state index contributed by atoms with van der Waals surface area (Å²) in [6, 6.07) is 16.2. The van der Waals surface area contributed by atoms with Crippen molar-refractivity contribution in [3.63, 3.8) is 0 Å². The molecule has 27 heavy (non-hydrogen) atoms. The summed E-state index contributed by atoms with van der Waals surface area (Å²) in [5, 5.41) is 2.88. The largest absolute Gasteiger partial charge is 0.352 e. The number of carbonyl (C=O) groups is 1. The van der Waals surface area contributed by atoms with Gasteiger partial charge in [-0.2, -0.15) is 4.31 Å². The van der Waals surface area contributed by atoms with E-state index in [9.17, 15) is 13.2 Å². The third kappa shape index (κ3) is 4.76. The smallest absolute Gasteiger partial charge is 0.251 e. The van der Waals surface area contributed by atoms with Crippen molar-refractivity contribution in [3.05, 3.63) is 65.7 Å². The highest BCUT2D eigenvalue weighted by molar-refractivity contribution is 7.89. The minimum absolute atomic E-state index is 0.0183. The van der Waals surface area contributed by atoms with E-state index in [2.05, 4.69) is 5.32 Å². The lowest BCUT2D eigenvalue weighted by atomic mass is 10.1. The number of carbonyl (C=O) groups excluding carboxylic acids is 1. The predicted molar refractivity (Wildman–Crippen MR) is 106 cm³/mol. The minimum atomic E-state index is -3.51. The van der Waals surface area contributed by atoms with Gasteiger partial charge in [0, 0.05) is 24.7 Å². The summed E-state index contributed by atoms with van der Waals surface area (Å²) in [4.78, 5) is 12.5. The molecule has 0 saturated carbocycles. The number of sulfonamides is 1. The number of hydrogen-bond acceptors (Lipinski definition) is 3. The molecule has 1 saturated heterocycles. The van der Waals surface area contributed by atoms with Gasteiger partial charge in [-0.1, -0.05) is 36.8 Å². The van der Waals surface area contributed by atoms with Gasteiger partial charge in [-0.15, -0.1) is 0 Å². The van der Waals surface area contributed by atoms with Gasteiger partial charge in [0.25, 0.3) is 5.91 Å². The molecule has 0 aromatic heterocycles. The van der Waals surface area contributed by atoms with Crippen LogP contribution >= 0.6 is 0 Å². The van der Waals surface area contributed by atoms with Crippen LogP contribution in [0.5, 0.6) is 0 Å². The van der Waals surface area contributed by atoms with Crippen LogP contribution in [0.3, 0.4) is 0 Å². The molecular weight excluding hydrogens is 360 g/mol. The predicted octanol–water partition coefficient (Wildman–Crippen LogP) is 3.22. The highest BCUT2D eigenvalue weighted by Gasteiger charge is 2.30. The summed E-state index contributed by atoms with van der Waals surface area (Å²) < 4.78 is 27.2. The zero-order chi connectivity index (χ0) is 19.3. The summed E-state index contributed by atoms with van der Waals surface area (Å²) >= 11 is 0. The number of benzene rings is 2. The Hall–Kier alpha value is -2.18. The Bertz CT molecular complexity index is 864. The average Bonchev–Trinajstić information content (AvgIpc) is 2.69. The van der Waals surface area contributed by atoms with Gasteiger partial charge in [0.15, 0.2) is 0 Å². The van der Waals surface area contributed by atoms with E-state index < -0.39 is 10.0 Å². The monoisotopic (exact) mass is 386 g/mol. The number of amides is 1. The first kappa shape index (κ1) is 19.6. The molecule has 2 aromatic carbocycles. The summed E-state index contributed by atoms with van der Waals surface area (Å²) in [5.74, 6) is -0.193. The molecule has 1 aliphatic heterocycles. The standard InChI is InChI=1S/C21H26N2O3S/c1-17-7-5-6-16-23(17)27(25,26)20-12-10-19(11-13-20)21(24)22-15-14-18-8-3-2-4-9-18/h2-4,8-13,17H,5-7,14-16H2,1H3,(H,22,24). The summed E-state index contributed by atoms with van der Waals surface area (Å²) in [7, 11) is -3.51. The highest BCUT2D eigenvalue weighted by atomic mass is 32.2. The third-order valence-corrected chi connectivity index (χ3v) is 7.03. The van der Waals surface area contributed by atoms with Gasteiger partial charge in [0.1, 0.15) is 0 Å². The van der Waals surface area contributed by atoms with E-state index in [1.54, 1.807) is 16.4 Å². The fourth-order valence-corrected chi connectivity index (χ4v) is 5.11. The molecule has 1 atom stereocenters. The number of nitrogens with one attached hydrogen (secondary N) is 1. The fourth-order valence-electron chi connectivity index (χ4n) is 3.41. The van der Waals surface area contributed by atoms with Gasteiger partial charge in [0.05, 0.1) is 4.90 Å². The summed E-state index contributed by atoms with van der Waals surface area (Å²) in [6.07, 6.45) is 3.60. The first-order chi connectivity index (χ1) is 13.0. The van der Waals surface area contributed by atoms with Gasteiger partial charge >= 0.3 is 0 Å². The van der Waals surface area contributed by atoms with E-state index in [1.165, 1.54) is 12.1 Å². The average molecular weight is 387 g/mol. The Labute approximate surface area is 161 Å². The van der Waals surface area contributed by atoms with Crippen LogP contribution in [0, 0.1) is 0 Å². The molecule has 5 nitrogen and oxygen atoms in total. The lowest BCUT2D eigenvalue weighted by Gasteiger charge is -2.32. The topological polar surface area (TPSA) is 66.5 Å². The van der Waals surface area contributed by atoms with Gasteiger partial charge in [0.2, 0.25) is 10.0 Å². The number of piperidine rings is 1. The zero-order valence-electron chi connectivity index (χ0n) is 15.6. The number of hydrogen-bond donors (Lipinski definition) is 1. The van der Waals surface area contributed by atoms with Crippen molar-refractivity contribution in [2.75, 3.05) is 13.1 Å². The van der Waals surface area contributed by atoms with Crippen LogP contribution in [0.1, 0.15) is 42.1 Å². The van der Waals surface area contributed by atoms with Crippen LogP contribution in [-0.2, 0) is 16.4 Å². The van der Waals surface area contributed by atoms with E-state index >= 15 is 0 Å². The van der Waals surface area contributed by atoms with Crippen LogP contribution in [0.15, 0.2) is 59.5 Å². The van der Waals surface area contributed by atoms with Crippen LogP contribution in [0.25, 0.3) is 0 Å². The SMILES string of the molecule is CC1CCCCN1S(=O)(=O)c1ccc(C(=O)NCCc2ccccc2)cc1. The van der Waals surface area contributed by atoms with Crippen molar-refractivity contribution in [2.24, 2.45) is 0 Å². The quantitative estimate of drug-likeness (QED) is 0.829. The zero-order valence-corrected chi connectivity index (χ0v) is 16.4. The van der Waals surface area contributed by atoms with Crippen LogP contribution in [0.2, 0.25) is 0 Å². The van der Waals surface area contributed by atoms with Crippen molar-refractivity contribution in [3.8, 4) is 0 Å². The van der Waals surface area contributed by atoms with Crippen molar-refractivity contribution in [1.82, 2.24) is 9.62 Å². The first-order valence-corrected chi connectivity index (χ1v) is 10.9. The molecule has 1 heterocycles. The Kier molecular flexibility index (Phi) is 6.29. The maximum atomic E-state index is 12.8. The lowest BCUT2D eigenvalue weighted by molar-refractivity contribution is 0.0954. The van der Waals surface area contributed by atoms with E-state index in [0.717, 1.165) is 31.2 Å². The lowest BCUT2D eigenvalue weighted by Crippen LogP contribution is -2.41.